The minimum absolute atomic E-state index is 0.175. The van der Waals surface area contributed by atoms with Crippen molar-refractivity contribution in [1.82, 2.24) is 15.0 Å². The van der Waals surface area contributed by atoms with Gasteiger partial charge in [-0.15, -0.1) is 5.10 Å². The van der Waals surface area contributed by atoms with Gasteiger partial charge in [0.1, 0.15) is 23.9 Å². The third kappa shape index (κ3) is 2.66. The van der Waals surface area contributed by atoms with Gasteiger partial charge >= 0.3 is 0 Å². The Hall–Kier alpha value is -2.24. The molecule has 0 unspecified atom stereocenters. The Morgan fingerprint density at radius 1 is 1.53 bits per heavy atom. The van der Waals surface area contributed by atoms with E-state index in [4.69, 9.17) is 4.74 Å². The van der Waals surface area contributed by atoms with E-state index in [2.05, 4.69) is 10.3 Å². The molecule has 6 heteroatoms. The van der Waals surface area contributed by atoms with E-state index in [9.17, 15) is 9.18 Å². The molecule has 0 aliphatic rings. The first-order chi connectivity index (χ1) is 8.19. The quantitative estimate of drug-likeness (QED) is 0.750. The van der Waals surface area contributed by atoms with Crippen LogP contribution in [-0.2, 0) is 13.7 Å². The molecule has 2 aromatic rings. The van der Waals surface area contributed by atoms with E-state index in [0.717, 1.165) is 6.07 Å². The van der Waals surface area contributed by atoms with Crippen LogP contribution in [0, 0.1) is 5.82 Å². The van der Waals surface area contributed by atoms with Crippen molar-refractivity contribution in [2.24, 2.45) is 7.05 Å². The number of benzene rings is 1. The number of carbonyl (C=O) groups is 1. The van der Waals surface area contributed by atoms with Crippen LogP contribution in [0.25, 0.3) is 0 Å². The van der Waals surface area contributed by atoms with E-state index in [0.29, 0.717) is 17.7 Å². The van der Waals surface area contributed by atoms with Gasteiger partial charge in [-0.3, -0.25) is 9.48 Å². The maximum atomic E-state index is 12.9. The molecular weight excluding hydrogens is 225 g/mol. The lowest BCUT2D eigenvalue weighted by atomic mass is 10.2. The molecule has 5 nitrogen and oxygen atoms in total. The molecule has 0 fully saturated rings. The molecule has 0 aliphatic carbocycles. The smallest absolute Gasteiger partial charge is 0.153 e. The number of rotatable bonds is 4. The summed E-state index contributed by atoms with van der Waals surface area (Å²) in [5, 5.41) is 7.57. The molecule has 0 saturated heterocycles. The summed E-state index contributed by atoms with van der Waals surface area (Å²) in [5.74, 6) is -0.147. The first-order valence-corrected chi connectivity index (χ1v) is 4.92. The number of ether oxygens (including phenoxy) is 1. The molecule has 0 N–H and O–H groups in total. The molecule has 88 valence electrons. The van der Waals surface area contributed by atoms with Crippen LogP contribution in [0.5, 0.6) is 5.75 Å². The minimum Gasteiger partial charge on any atom is -0.486 e. The molecule has 17 heavy (non-hydrogen) atoms. The zero-order valence-electron chi connectivity index (χ0n) is 9.13. The topological polar surface area (TPSA) is 57.0 Å². The average Bonchev–Trinajstić information content (AvgIpc) is 2.73. The fourth-order valence-corrected chi connectivity index (χ4v) is 1.36. The Kier molecular flexibility index (Phi) is 3.13. The summed E-state index contributed by atoms with van der Waals surface area (Å²) in [6.07, 6.45) is 2.25. The Labute approximate surface area is 96.8 Å². The van der Waals surface area contributed by atoms with Crippen molar-refractivity contribution >= 4 is 6.29 Å². The Balaban J connectivity index is 2.11. The van der Waals surface area contributed by atoms with Gasteiger partial charge in [-0.2, -0.15) is 0 Å². The van der Waals surface area contributed by atoms with Gasteiger partial charge in [0.25, 0.3) is 0 Å². The highest BCUT2D eigenvalue weighted by molar-refractivity contribution is 5.79. The third-order valence-electron chi connectivity index (χ3n) is 2.12. The average molecular weight is 235 g/mol. The zero-order chi connectivity index (χ0) is 12.3. The van der Waals surface area contributed by atoms with Gasteiger partial charge in [0.2, 0.25) is 0 Å². The van der Waals surface area contributed by atoms with Crippen molar-refractivity contribution in [3.63, 3.8) is 0 Å². The van der Waals surface area contributed by atoms with E-state index in [1.54, 1.807) is 17.9 Å². The van der Waals surface area contributed by atoms with Gasteiger partial charge in [0.05, 0.1) is 11.8 Å². The summed E-state index contributed by atoms with van der Waals surface area (Å²) in [4.78, 5) is 10.7. The van der Waals surface area contributed by atoms with Crippen molar-refractivity contribution in [3.8, 4) is 5.75 Å². The summed E-state index contributed by atoms with van der Waals surface area (Å²) in [6.45, 7) is 0.181. The highest BCUT2D eigenvalue weighted by Gasteiger charge is 2.06. The monoisotopic (exact) mass is 235 g/mol. The standard InChI is InChI=1S/C11H10FN3O2/c1-15-5-10(13-14-15)7-17-11-3-2-9(12)4-8(11)6-16/h2-6H,7H2,1H3. The van der Waals surface area contributed by atoms with Crippen molar-refractivity contribution < 1.29 is 13.9 Å². The largest absolute Gasteiger partial charge is 0.486 e. The highest BCUT2D eigenvalue weighted by Crippen LogP contribution is 2.18. The number of aromatic nitrogens is 3. The molecule has 0 bridgehead atoms. The maximum absolute atomic E-state index is 12.9. The number of halogens is 1. The van der Waals surface area contributed by atoms with Gasteiger partial charge in [0.15, 0.2) is 6.29 Å². The zero-order valence-corrected chi connectivity index (χ0v) is 9.13. The van der Waals surface area contributed by atoms with Crippen LogP contribution in [-0.4, -0.2) is 21.3 Å². The fourth-order valence-electron chi connectivity index (χ4n) is 1.36. The van der Waals surface area contributed by atoms with Crippen LogP contribution in [0.15, 0.2) is 24.4 Å². The van der Waals surface area contributed by atoms with Crippen LogP contribution >= 0.6 is 0 Å². The predicted octanol–water partition coefficient (Wildman–Crippen LogP) is 1.35. The number of hydrogen-bond donors (Lipinski definition) is 0. The van der Waals surface area contributed by atoms with Gasteiger partial charge in [-0.05, 0) is 18.2 Å². The van der Waals surface area contributed by atoms with Crippen LogP contribution in [0.1, 0.15) is 16.1 Å². The van der Waals surface area contributed by atoms with E-state index in [1.807, 2.05) is 0 Å². The summed E-state index contributed by atoms with van der Waals surface area (Å²) in [6, 6.07) is 3.77. The lowest BCUT2D eigenvalue weighted by Crippen LogP contribution is -1.99. The van der Waals surface area contributed by atoms with Crippen LogP contribution in [0.3, 0.4) is 0 Å². The second-order valence-electron chi connectivity index (χ2n) is 3.47. The summed E-state index contributed by atoms with van der Waals surface area (Å²) in [5.41, 5.74) is 0.808. The molecule has 1 aromatic heterocycles. The molecule has 0 amide bonds. The molecule has 0 radical (unpaired) electrons. The van der Waals surface area contributed by atoms with Crippen molar-refractivity contribution in [3.05, 3.63) is 41.5 Å². The van der Waals surface area contributed by atoms with Gasteiger partial charge in [-0.1, -0.05) is 5.21 Å². The van der Waals surface area contributed by atoms with Crippen LogP contribution < -0.4 is 4.74 Å². The van der Waals surface area contributed by atoms with Crippen molar-refractivity contribution in [1.29, 1.82) is 0 Å². The second kappa shape index (κ2) is 4.73. The molecule has 0 spiro atoms. The van der Waals surface area contributed by atoms with Crippen molar-refractivity contribution in [2.75, 3.05) is 0 Å². The number of aldehydes is 1. The summed E-state index contributed by atoms with van der Waals surface area (Å²) >= 11 is 0. The normalized spacial score (nSPS) is 10.2. The van der Waals surface area contributed by atoms with E-state index in [-0.39, 0.29) is 12.2 Å². The minimum atomic E-state index is -0.473. The van der Waals surface area contributed by atoms with Crippen molar-refractivity contribution in [2.45, 2.75) is 6.61 Å². The molecule has 1 heterocycles. The Morgan fingerprint density at radius 3 is 3.00 bits per heavy atom. The molecular formula is C11H10FN3O2. The summed E-state index contributed by atoms with van der Waals surface area (Å²) in [7, 11) is 1.74. The van der Waals surface area contributed by atoms with Crippen LogP contribution in [0.2, 0.25) is 0 Å². The van der Waals surface area contributed by atoms with E-state index in [1.165, 1.54) is 12.1 Å². The number of nitrogens with zero attached hydrogens (tertiary/aromatic N) is 3. The lowest BCUT2D eigenvalue weighted by Gasteiger charge is -2.06. The molecule has 0 atom stereocenters. The Bertz CT molecular complexity index is 539. The maximum Gasteiger partial charge on any atom is 0.153 e. The SMILES string of the molecule is Cn1cc(COc2ccc(F)cc2C=O)nn1. The molecule has 1 aromatic carbocycles. The van der Waals surface area contributed by atoms with E-state index < -0.39 is 5.82 Å². The molecule has 0 aliphatic heterocycles. The number of hydrogen-bond acceptors (Lipinski definition) is 4. The lowest BCUT2D eigenvalue weighted by molar-refractivity contribution is 0.111. The van der Waals surface area contributed by atoms with Crippen LogP contribution in [0.4, 0.5) is 4.39 Å². The summed E-state index contributed by atoms with van der Waals surface area (Å²) < 4.78 is 19.8. The first kappa shape index (κ1) is 11.3. The number of aryl methyl sites for hydroxylation is 1. The molecule has 2 rings (SSSR count). The van der Waals surface area contributed by atoms with E-state index >= 15 is 0 Å². The van der Waals surface area contributed by atoms with Gasteiger partial charge < -0.3 is 4.74 Å². The highest BCUT2D eigenvalue weighted by atomic mass is 19.1. The second-order valence-corrected chi connectivity index (χ2v) is 3.47. The van der Waals surface area contributed by atoms with Gasteiger partial charge in [-0.25, -0.2) is 4.39 Å². The van der Waals surface area contributed by atoms with Gasteiger partial charge in [0, 0.05) is 7.05 Å². The first-order valence-electron chi connectivity index (χ1n) is 4.92. The predicted molar refractivity (Wildman–Crippen MR) is 57.1 cm³/mol. The third-order valence-corrected chi connectivity index (χ3v) is 2.12. The fraction of sp³-hybridized carbons (Fsp3) is 0.182. The number of carbonyl (C=O) groups excluding carboxylic acids is 1. The Morgan fingerprint density at radius 2 is 2.35 bits per heavy atom. The molecule has 0 saturated carbocycles.